The lowest BCUT2D eigenvalue weighted by atomic mass is 9.87. The van der Waals surface area contributed by atoms with Gasteiger partial charge in [-0.1, -0.05) is 24.1 Å². The molecular formula is C14H21NO3S. The van der Waals surface area contributed by atoms with Gasteiger partial charge in [0.05, 0.1) is 11.0 Å². The van der Waals surface area contributed by atoms with Crippen LogP contribution in [0.4, 0.5) is 0 Å². The van der Waals surface area contributed by atoms with Gasteiger partial charge < -0.3 is 5.11 Å². The van der Waals surface area contributed by atoms with Crippen molar-refractivity contribution in [3.05, 3.63) is 29.8 Å². The van der Waals surface area contributed by atoms with E-state index in [-0.39, 0.29) is 12.0 Å². The Bertz CT molecular complexity index is 510. The minimum absolute atomic E-state index is 0.240. The summed E-state index contributed by atoms with van der Waals surface area (Å²) in [7, 11) is -3.43. The van der Waals surface area contributed by atoms with Crippen molar-refractivity contribution in [1.29, 1.82) is 0 Å². The average molecular weight is 283 g/mol. The van der Waals surface area contributed by atoms with Crippen molar-refractivity contribution in [2.75, 3.05) is 6.54 Å². The maximum absolute atomic E-state index is 12.1. The molecule has 2 N–H and O–H groups in total. The predicted octanol–water partition coefficient (Wildman–Crippen LogP) is 1.82. The molecule has 0 aromatic heterocycles. The monoisotopic (exact) mass is 283 g/mol. The molecule has 0 bridgehead atoms. The van der Waals surface area contributed by atoms with Gasteiger partial charge >= 0.3 is 0 Å². The lowest BCUT2D eigenvalue weighted by Crippen LogP contribution is -2.33. The molecule has 1 aliphatic carbocycles. The van der Waals surface area contributed by atoms with Crippen LogP contribution in [0.3, 0.4) is 0 Å². The highest BCUT2D eigenvalue weighted by Gasteiger charge is 2.22. The fourth-order valence-corrected chi connectivity index (χ4v) is 3.59. The molecule has 5 heteroatoms. The Labute approximate surface area is 114 Å². The minimum atomic E-state index is -3.43. The summed E-state index contributed by atoms with van der Waals surface area (Å²) in [5, 5.41) is 9.58. The van der Waals surface area contributed by atoms with E-state index >= 15 is 0 Å². The standard InChI is InChI=1S/C14H21NO3S/c1-11-5-7-14(8-6-11)19(17,18)15-10-12-3-2-4-13(16)9-12/h5-8,12-13,15-16H,2-4,9-10H2,1H3. The second kappa shape index (κ2) is 6.03. The van der Waals surface area contributed by atoms with Crippen molar-refractivity contribution in [3.63, 3.8) is 0 Å². The van der Waals surface area contributed by atoms with Gasteiger partial charge in [-0.3, -0.25) is 0 Å². The number of rotatable bonds is 4. The first kappa shape index (κ1) is 14.5. The molecule has 106 valence electrons. The molecule has 4 nitrogen and oxygen atoms in total. The zero-order valence-electron chi connectivity index (χ0n) is 11.2. The number of hydrogen-bond acceptors (Lipinski definition) is 3. The van der Waals surface area contributed by atoms with E-state index in [1.807, 2.05) is 6.92 Å². The first-order chi connectivity index (χ1) is 8.97. The molecule has 1 saturated carbocycles. The summed E-state index contributed by atoms with van der Waals surface area (Å²) in [6.45, 7) is 2.33. The summed E-state index contributed by atoms with van der Waals surface area (Å²) in [5.74, 6) is 0.240. The molecule has 0 amide bonds. The molecule has 0 spiro atoms. The van der Waals surface area contributed by atoms with E-state index < -0.39 is 10.0 Å². The van der Waals surface area contributed by atoms with Gasteiger partial charge in [-0.15, -0.1) is 0 Å². The summed E-state index contributed by atoms with van der Waals surface area (Å²) in [5.41, 5.74) is 1.04. The summed E-state index contributed by atoms with van der Waals surface area (Å²) in [4.78, 5) is 0.300. The molecule has 1 aromatic rings. The van der Waals surface area contributed by atoms with E-state index in [0.717, 1.165) is 24.8 Å². The Kier molecular flexibility index (Phi) is 4.60. The highest BCUT2D eigenvalue weighted by Crippen LogP contribution is 2.24. The third-order valence-electron chi connectivity index (χ3n) is 3.65. The molecule has 19 heavy (non-hydrogen) atoms. The Hall–Kier alpha value is -0.910. The van der Waals surface area contributed by atoms with Crippen LogP contribution in [0.25, 0.3) is 0 Å². The van der Waals surface area contributed by atoms with Crippen molar-refractivity contribution < 1.29 is 13.5 Å². The van der Waals surface area contributed by atoms with Crippen molar-refractivity contribution in [2.24, 2.45) is 5.92 Å². The minimum Gasteiger partial charge on any atom is -0.393 e. The largest absolute Gasteiger partial charge is 0.393 e. The number of benzene rings is 1. The molecule has 1 aromatic carbocycles. The lowest BCUT2D eigenvalue weighted by Gasteiger charge is -2.25. The van der Waals surface area contributed by atoms with E-state index in [4.69, 9.17) is 0 Å². The van der Waals surface area contributed by atoms with Crippen LogP contribution in [-0.2, 0) is 10.0 Å². The van der Waals surface area contributed by atoms with Gasteiger partial charge in [0.2, 0.25) is 10.0 Å². The third-order valence-corrected chi connectivity index (χ3v) is 5.09. The zero-order chi connectivity index (χ0) is 13.9. The number of nitrogens with one attached hydrogen (secondary N) is 1. The van der Waals surface area contributed by atoms with E-state index in [0.29, 0.717) is 17.9 Å². The molecule has 0 radical (unpaired) electrons. The molecule has 2 rings (SSSR count). The van der Waals surface area contributed by atoms with Gasteiger partial charge in [-0.25, -0.2) is 13.1 Å². The van der Waals surface area contributed by atoms with Gasteiger partial charge in [0, 0.05) is 6.54 Å². The fourth-order valence-electron chi connectivity index (χ4n) is 2.48. The van der Waals surface area contributed by atoms with Crippen LogP contribution in [0.15, 0.2) is 29.2 Å². The number of aliphatic hydroxyl groups excluding tert-OH is 1. The van der Waals surface area contributed by atoms with Crippen molar-refractivity contribution in [2.45, 2.75) is 43.6 Å². The number of sulfonamides is 1. The van der Waals surface area contributed by atoms with Crippen LogP contribution in [0.2, 0.25) is 0 Å². The number of hydrogen-bond donors (Lipinski definition) is 2. The van der Waals surface area contributed by atoms with Crippen LogP contribution in [0.1, 0.15) is 31.2 Å². The quantitative estimate of drug-likeness (QED) is 0.886. The zero-order valence-corrected chi connectivity index (χ0v) is 12.0. The van der Waals surface area contributed by atoms with Gasteiger partial charge in [0.1, 0.15) is 0 Å². The Morgan fingerprint density at radius 1 is 1.26 bits per heavy atom. The molecule has 1 aliphatic rings. The van der Waals surface area contributed by atoms with Crippen molar-refractivity contribution in [1.82, 2.24) is 4.72 Å². The number of aliphatic hydroxyl groups is 1. The molecule has 1 fully saturated rings. The van der Waals surface area contributed by atoms with Crippen molar-refractivity contribution in [3.8, 4) is 0 Å². The SMILES string of the molecule is Cc1ccc(S(=O)(=O)NCC2CCCC(O)C2)cc1. The van der Waals surface area contributed by atoms with Crippen LogP contribution in [-0.4, -0.2) is 26.2 Å². The first-order valence-corrected chi connectivity index (χ1v) is 8.20. The molecule has 2 atom stereocenters. The number of aryl methyl sites for hydroxylation is 1. The molecule has 0 aliphatic heterocycles. The smallest absolute Gasteiger partial charge is 0.240 e. The van der Waals surface area contributed by atoms with Gasteiger partial charge in [-0.2, -0.15) is 0 Å². The lowest BCUT2D eigenvalue weighted by molar-refractivity contribution is 0.102. The summed E-state index contributed by atoms with van der Waals surface area (Å²) in [6.07, 6.45) is 3.20. The highest BCUT2D eigenvalue weighted by molar-refractivity contribution is 7.89. The third kappa shape index (κ3) is 4.03. The van der Waals surface area contributed by atoms with Crippen LogP contribution in [0, 0.1) is 12.8 Å². The molecule has 2 unspecified atom stereocenters. The van der Waals surface area contributed by atoms with Gasteiger partial charge in [-0.05, 0) is 44.2 Å². The summed E-state index contributed by atoms with van der Waals surface area (Å²) in [6, 6.07) is 6.82. The van der Waals surface area contributed by atoms with Gasteiger partial charge in [0.15, 0.2) is 0 Å². The normalized spacial score (nSPS) is 24.3. The van der Waals surface area contributed by atoms with Crippen LogP contribution >= 0.6 is 0 Å². The first-order valence-electron chi connectivity index (χ1n) is 6.72. The Morgan fingerprint density at radius 3 is 2.58 bits per heavy atom. The van der Waals surface area contributed by atoms with Gasteiger partial charge in [0.25, 0.3) is 0 Å². The Balaban J connectivity index is 1.96. The summed E-state index contributed by atoms with van der Waals surface area (Å²) >= 11 is 0. The maximum atomic E-state index is 12.1. The summed E-state index contributed by atoms with van der Waals surface area (Å²) < 4.78 is 26.8. The predicted molar refractivity (Wildman–Crippen MR) is 74.3 cm³/mol. The van der Waals surface area contributed by atoms with E-state index in [1.54, 1.807) is 24.3 Å². The second-order valence-electron chi connectivity index (χ2n) is 5.35. The fraction of sp³-hybridized carbons (Fsp3) is 0.571. The topological polar surface area (TPSA) is 66.4 Å². The maximum Gasteiger partial charge on any atom is 0.240 e. The molecule has 0 heterocycles. The molecule has 0 saturated heterocycles. The van der Waals surface area contributed by atoms with Crippen LogP contribution < -0.4 is 4.72 Å². The van der Waals surface area contributed by atoms with E-state index in [9.17, 15) is 13.5 Å². The van der Waals surface area contributed by atoms with E-state index in [1.165, 1.54) is 0 Å². The second-order valence-corrected chi connectivity index (χ2v) is 7.12. The average Bonchev–Trinajstić information content (AvgIpc) is 2.37. The van der Waals surface area contributed by atoms with Crippen molar-refractivity contribution >= 4 is 10.0 Å². The van der Waals surface area contributed by atoms with E-state index in [2.05, 4.69) is 4.72 Å². The van der Waals surface area contributed by atoms with Crippen LogP contribution in [0.5, 0.6) is 0 Å². The molecular weight excluding hydrogens is 262 g/mol. The highest BCUT2D eigenvalue weighted by atomic mass is 32.2. The Morgan fingerprint density at radius 2 is 1.95 bits per heavy atom.